The highest BCUT2D eigenvalue weighted by molar-refractivity contribution is 5.94. The number of alkyl halides is 2. The molecule has 0 atom stereocenters. The van der Waals surface area contributed by atoms with Crippen LogP contribution >= 0.6 is 0 Å². The minimum absolute atomic E-state index is 0.0444. The summed E-state index contributed by atoms with van der Waals surface area (Å²) in [5.41, 5.74) is 6.41. The predicted molar refractivity (Wildman–Crippen MR) is 71.5 cm³/mol. The maximum Gasteiger partial charge on any atom is 0.261 e. The van der Waals surface area contributed by atoms with Gasteiger partial charge in [0.05, 0.1) is 13.2 Å². The van der Waals surface area contributed by atoms with E-state index in [-0.39, 0.29) is 25.6 Å². The van der Waals surface area contributed by atoms with Gasteiger partial charge in [-0.1, -0.05) is 17.9 Å². The van der Waals surface area contributed by atoms with Crippen LogP contribution in [0.2, 0.25) is 0 Å². The van der Waals surface area contributed by atoms with Crippen LogP contribution in [0.3, 0.4) is 0 Å². The largest absolute Gasteiger partial charge is 0.374 e. The van der Waals surface area contributed by atoms with Gasteiger partial charge in [0.2, 0.25) is 0 Å². The van der Waals surface area contributed by atoms with Gasteiger partial charge in [0.1, 0.15) is 6.61 Å². The van der Waals surface area contributed by atoms with Gasteiger partial charge < -0.3 is 15.8 Å². The smallest absolute Gasteiger partial charge is 0.261 e. The first kappa shape index (κ1) is 16.1. The number of nitrogens with two attached hydrogens (primary N) is 1. The molecule has 1 aromatic carbocycles. The number of rotatable bonds is 6. The third-order valence-electron chi connectivity index (χ3n) is 2.24. The standard InChI is InChI=1S/C14H16F2N2O2/c15-13(16)10-20-8-7-18-14(19)12-5-1-3-11(9-12)4-2-6-17/h1,3,5,9,13H,6-8,10,17H2,(H,18,19). The van der Waals surface area contributed by atoms with E-state index in [4.69, 9.17) is 5.73 Å². The lowest BCUT2D eigenvalue weighted by molar-refractivity contribution is 0.0188. The summed E-state index contributed by atoms with van der Waals surface area (Å²) in [5, 5.41) is 2.57. The molecule has 1 aromatic rings. The van der Waals surface area contributed by atoms with E-state index in [1.54, 1.807) is 24.3 Å². The van der Waals surface area contributed by atoms with E-state index in [0.29, 0.717) is 11.1 Å². The molecule has 1 rings (SSSR count). The SMILES string of the molecule is NCC#Cc1cccc(C(=O)NCCOCC(F)F)c1. The average molecular weight is 282 g/mol. The van der Waals surface area contributed by atoms with Crippen molar-refractivity contribution in [3.63, 3.8) is 0 Å². The number of carbonyl (C=O) groups excluding carboxylic acids is 1. The maximum absolute atomic E-state index is 11.8. The molecule has 0 unspecified atom stereocenters. The van der Waals surface area contributed by atoms with Gasteiger partial charge in [0.25, 0.3) is 12.3 Å². The Hall–Kier alpha value is -1.97. The molecule has 0 radical (unpaired) electrons. The van der Waals surface area contributed by atoms with Crippen molar-refractivity contribution >= 4 is 5.91 Å². The van der Waals surface area contributed by atoms with Crippen LogP contribution in [0.25, 0.3) is 0 Å². The lowest BCUT2D eigenvalue weighted by atomic mass is 10.1. The molecule has 6 heteroatoms. The molecular weight excluding hydrogens is 266 g/mol. The van der Waals surface area contributed by atoms with Crippen molar-refractivity contribution in [2.45, 2.75) is 6.43 Å². The zero-order valence-corrected chi connectivity index (χ0v) is 10.9. The molecule has 0 saturated carbocycles. The van der Waals surface area contributed by atoms with E-state index in [0.717, 1.165) is 0 Å². The second-order valence-electron chi connectivity index (χ2n) is 3.81. The molecule has 0 heterocycles. The Bertz CT molecular complexity index is 495. The van der Waals surface area contributed by atoms with Gasteiger partial charge in [0, 0.05) is 17.7 Å². The molecule has 20 heavy (non-hydrogen) atoms. The van der Waals surface area contributed by atoms with Gasteiger partial charge in [-0.25, -0.2) is 8.78 Å². The molecule has 0 aliphatic heterocycles. The van der Waals surface area contributed by atoms with Gasteiger partial charge in [-0.15, -0.1) is 0 Å². The van der Waals surface area contributed by atoms with E-state index in [9.17, 15) is 13.6 Å². The van der Waals surface area contributed by atoms with Crippen molar-refractivity contribution in [2.24, 2.45) is 5.73 Å². The van der Waals surface area contributed by atoms with Gasteiger partial charge in [-0.2, -0.15) is 0 Å². The quantitative estimate of drug-likeness (QED) is 0.604. The van der Waals surface area contributed by atoms with Gasteiger partial charge in [0.15, 0.2) is 0 Å². The van der Waals surface area contributed by atoms with Crippen molar-refractivity contribution in [3.05, 3.63) is 35.4 Å². The minimum Gasteiger partial charge on any atom is -0.374 e. The third kappa shape index (κ3) is 6.27. The lowest BCUT2D eigenvalue weighted by Gasteiger charge is -2.06. The molecule has 0 fully saturated rings. The Labute approximate surface area is 116 Å². The number of hydrogen-bond acceptors (Lipinski definition) is 3. The van der Waals surface area contributed by atoms with Crippen LogP contribution in [-0.2, 0) is 4.74 Å². The maximum atomic E-state index is 11.8. The highest BCUT2D eigenvalue weighted by Gasteiger charge is 2.05. The number of amides is 1. The molecule has 3 N–H and O–H groups in total. The summed E-state index contributed by atoms with van der Waals surface area (Å²) in [7, 11) is 0. The fourth-order valence-corrected chi connectivity index (χ4v) is 1.40. The van der Waals surface area contributed by atoms with E-state index >= 15 is 0 Å². The fourth-order valence-electron chi connectivity index (χ4n) is 1.40. The van der Waals surface area contributed by atoms with Crippen molar-refractivity contribution in [1.29, 1.82) is 0 Å². The minimum atomic E-state index is -2.50. The van der Waals surface area contributed by atoms with E-state index in [1.807, 2.05) is 0 Å². The normalized spacial score (nSPS) is 10.0. The van der Waals surface area contributed by atoms with Crippen LogP contribution in [0, 0.1) is 11.8 Å². The summed E-state index contributed by atoms with van der Waals surface area (Å²) in [6, 6.07) is 6.76. The number of carbonyl (C=O) groups is 1. The first-order valence-corrected chi connectivity index (χ1v) is 6.06. The lowest BCUT2D eigenvalue weighted by Crippen LogP contribution is -2.27. The van der Waals surface area contributed by atoms with E-state index in [2.05, 4.69) is 21.9 Å². The number of hydrogen-bond donors (Lipinski definition) is 2. The highest BCUT2D eigenvalue weighted by Crippen LogP contribution is 2.04. The Morgan fingerprint density at radius 1 is 1.45 bits per heavy atom. The summed E-state index contributed by atoms with van der Waals surface area (Å²) in [6.45, 7) is -0.162. The Morgan fingerprint density at radius 3 is 2.95 bits per heavy atom. The van der Waals surface area contributed by atoms with Crippen LogP contribution in [0.1, 0.15) is 15.9 Å². The third-order valence-corrected chi connectivity index (χ3v) is 2.24. The number of ether oxygens (including phenoxy) is 1. The van der Waals surface area contributed by atoms with Crippen molar-refractivity contribution in [1.82, 2.24) is 5.32 Å². The van der Waals surface area contributed by atoms with Crippen LogP contribution in [-0.4, -0.2) is 38.6 Å². The van der Waals surface area contributed by atoms with Crippen LogP contribution in [0.4, 0.5) is 8.78 Å². The zero-order chi connectivity index (χ0) is 14.8. The molecule has 0 spiro atoms. The van der Waals surface area contributed by atoms with E-state index < -0.39 is 13.0 Å². The van der Waals surface area contributed by atoms with Crippen LogP contribution in [0.15, 0.2) is 24.3 Å². The molecule has 0 aliphatic carbocycles. The molecule has 0 aliphatic rings. The molecule has 0 bridgehead atoms. The molecule has 108 valence electrons. The Morgan fingerprint density at radius 2 is 2.25 bits per heavy atom. The fraction of sp³-hybridized carbons (Fsp3) is 0.357. The Balaban J connectivity index is 2.43. The van der Waals surface area contributed by atoms with Crippen LogP contribution < -0.4 is 11.1 Å². The predicted octanol–water partition coefficient (Wildman–Crippen LogP) is 1.01. The summed E-state index contributed by atoms with van der Waals surface area (Å²) >= 11 is 0. The van der Waals surface area contributed by atoms with Gasteiger partial charge in [-0.05, 0) is 18.2 Å². The molecule has 1 amide bonds. The molecule has 0 aromatic heterocycles. The molecule has 4 nitrogen and oxygen atoms in total. The van der Waals surface area contributed by atoms with Gasteiger partial charge in [-0.3, -0.25) is 4.79 Å². The van der Waals surface area contributed by atoms with E-state index in [1.165, 1.54) is 0 Å². The summed E-state index contributed by atoms with van der Waals surface area (Å²) < 4.78 is 28.3. The number of benzene rings is 1. The van der Waals surface area contributed by atoms with Crippen molar-refractivity contribution in [3.8, 4) is 11.8 Å². The average Bonchev–Trinajstić information content (AvgIpc) is 2.44. The molecule has 0 saturated heterocycles. The Kier molecular flexibility index (Phi) is 7.25. The second-order valence-corrected chi connectivity index (χ2v) is 3.81. The highest BCUT2D eigenvalue weighted by atomic mass is 19.3. The summed E-state index contributed by atoms with van der Waals surface area (Å²) in [5.74, 6) is 5.22. The summed E-state index contributed by atoms with van der Waals surface area (Å²) in [4.78, 5) is 11.8. The monoisotopic (exact) mass is 282 g/mol. The second kappa shape index (κ2) is 9.02. The van der Waals surface area contributed by atoms with Gasteiger partial charge >= 0.3 is 0 Å². The van der Waals surface area contributed by atoms with Crippen LogP contribution in [0.5, 0.6) is 0 Å². The molecular formula is C14H16F2N2O2. The summed E-state index contributed by atoms with van der Waals surface area (Å²) in [6.07, 6.45) is -2.50. The number of halogens is 2. The van der Waals surface area contributed by atoms with Crippen molar-refractivity contribution < 1.29 is 18.3 Å². The first-order valence-electron chi connectivity index (χ1n) is 6.06. The topological polar surface area (TPSA) is 64.4 Å². The zero-order valence-electron chi connectivity index (χ0n) is 10.9. The van der Waals surface area contributed by atoms with Crippen molar-refractivity contribution in [2.75, 3.05) is 26.3 Å². The number of nitrogens with one attached hydrogen (secondary N) is 1. The first-order chi connectivity index (χ1) is 9.63.